The van der Waals surface area contributed by atoms with E-state index in [9.17, 15) is 4.21 Å². The minimum atomic E-state index is -1.39. The molecule has 0 aromatic heterocycles. The molecule has 16 heavy (non-hydrogen) atoms. The number of likely N-dealkylation sites (N-methyl/N-ethyl adjacent to an activating group) is 1. The summed E-state index contributed by atoms with van der Waals surface area (Å²) in [6, 6.07) is 7.50. The van der Waals surface area contributed by atoms with Crippen LogP contribution in [0.2, 0.25) is 0 Å². The van der Waals surface area contributed by atoms with Gasteiger partial charge in [-0.1, -0.05) is 12.1 Å². The van der Waals surface area contributed by atoms with Crippen molar-refractivity contribution in [1.29, 1.82) is 0 Å². The highest BCUT2D eigenvalue weighted by Crippen LogP contribution is 2.08. The fourth-order valence-corrected chi connectivity index (χ4v) is 1.77. The van der Waals surface area contributed by atoms with E-state index in [0.29, 0.717) is 4.90 Å². The Balaban J connectivity index is 2.51. The molecule has 0 amide bonds. The molecule has 0 aliphatic heterocycles. The van der Waals surface area contributed by atoms with E-state index in [0.717, 1.165) is 19.7 Å². The zero-order valence-electron chi connectivity index (χ0n) is 9.68. The molecule has 5 heteroatoms. The van der Waals surface area contributed by atoms with E-state index in [-0.39, 0.29) is 0 Å². The van der Waals surface area contributed by atoms with Crippen molar-refractivity contribution in [1.82, 2.24) is 4.90 Å². The van der Waals surface area contributed by atoms with Crippen molar-refractivity contribution in [3.05, 3.63) is 29.8 Å². The Kier molecular flexibility index (Phi) is 5.62. The molecule has 0 heterocycles. The first kappa shape index (κ1) is 13.3. The van der Waals surface area contributed by atoms with E-state index in [1.54, 1.807) is 19.2 Å². The molecular weight excluding hydrogens is 224 g/mol. The Hall–Kier alpha value is -0.750. The number of hydrogen-bond acceptors (Lipinski definition) is 3. The summed E-state index contributed by atoms with van der Waals surface area (Å²) < 4.78 is 16.0. The molecule has 1 aromatic carbocycles. The zero-order valence-corrected chi connectivity index (χ0v) is 10.5. The van der Waals surface area contributed by atoms with Crippen LogP contribution in [0.15, 0.2) is 29.2 Å². The first-order chi connectivity index (χ1) is 7.63. The third-order valence-corrected chi connectivity index (χ3v) is 3.02. The van der Waals surface area contributed by atoms with Gasteiger partial charge in [0.2, 0.25) is 0 Å². The third kappa shape index (κ3) is 4.40. The molecule has 0 aliphatic carbocycles. The average Bonchev–Trinajstić information content (AvgIpc) is 2.27. The molecule has 1 aromatic rings. The van der Waals surface area contributed by atoms with Crippen molar-refractivity contribution in [2.75, 3.05) is 27.3 Å². The van der Waals surface area contributed by atoms with Crippen LogP contribution in [0.3, 0.4) is 0 Å². The maximum atomic E-state index is 11.0. The molecule has 90 valence electrons. The summed E-state index contributed by atoms with van der Waals surface area (Å²) in [7, 11) is 2.34. The standard InChI is InChI=1S/C11H18N2O2S/c1-13(7-8-15-2)9-10-3-5-11(6-4-10)16(12)14/h3-6H,7-9,12H2,1-2H3. The predicted molar refractivity (Wildman–Crippen MR) is 65.2 cm³/mol. The van der Waals surface area contributed by atoms with Gasteiger partial charge in [0.05, 0.1) is 11.5 Å². The first-order valence-electron chi connectivity index (χ1n) is 5.06. The van der Waals surface area contributed by atoms with E-state index in [1.807, 2.05) is 19.2 Å². The number of benzene rings is 1. The van der Waals surface area contributed by atoms with Gasteiger partial charge in [0.25, 0.3) is 0 Å². The highest BCUT2D eigenvalue weighted by Gasteiger charge is 2.01. The molecule has 0 spiro atoms. The molecule has 1 rings (SSSR count). The predicted octanol–water partition coefficient (Wildman–Crippen LogP) is 0.746. The van der Waals surface area contributed by atoms with Gasteiger partial charge in [-0.05, 0) is 24.7 Å². The summed E-state index contributed by atoms with van der Waals surface area (Å²) in [5.74, 6) is 0. The molecule has 1 atom stereocenters. The lowest BCUT2D eigenvalue weighted by molar-refractivity contribution is 0.158. The van der Waals surface area contributed by atoms with Gasteiger partial charge in [-0.3, -0.25) is 4.90 Å². The molecule has 0 radical (unpaired) electrons. The van der Waals surface area contributed by atoms with E-state index in [4.69, 9.17) is 9.88 Å². The van der Waals surface area contributed by atoms with Crippen LogP contribution in [0.5, 0.6) is 0 Å². The monoisotopic (exact) mass is 242 g/mol. The van der Waals surface area contributed by atoms with E-state index in [1.165, 1.54) is 5.56 Å². The summed E-state index contributed by atoms with van der Waals surface area (Å²) in [5.41, 5.74) is 1.17. The smallest absolute Gasteiger partial charge is 0.122 e. The molecule has 0 fully saturated rings. The zero-order chi connectivity index (χ0) is 12.0. The Morgan fingerprint density at radius 3 is 2.50 bits per heavy atom. The van der Waals surface area contributed by atoms with Gasteiger partial charge in [0.15, 0.2) is 0 Å². The molecule has 4 nitrogen and oxygen atoms in total. The maximum Gasteiger partial charge on any atom is 0.122 e. The number of rotatable bonds is 6. The van der Waals surface area contributed by atoms with Gasteiger partial charge in [0.1, 0.15) is 11.0 Å². The van der Waals surface area contributed by atoms with Crippen molar-refractivity contribution in [3.63, 3.8) is 0 Å². The van der Waals surface area contributed by atoms with Gasteiger partial charge < -0.3 is 4.74 Å². The summed E-state index contributed by atoms with van der Waals surface area (Å²) >= 11 is 0. The molecule has 0 bridgehead atoms. The van der Waals surface area contributed by atoms with Crippen molar-refractivity contribution in [2.45, 2.75) is 11.4 Å². The minimum Gasteiger partial charge on any atom is -0.383 e. The summed E-state index contributed by atoms with van der Waals surface area (Å²) in [6.45, 7) is 2.46. The van der Waals surface area contributed by atoms with Crippen molar-refractivity contribution < 1.29 is 8.95 Å². The molecule has 0 aliphatic rings. The molecule has 2 N–H and O–H groups in total. The number of methoxy groups -OCH3 is 1. The van der Waals surface area contributed by atoms with Crippen LogP contribution in [0, 0.1) is 0 Å². The SMILES string of the molecule is COCCN(C)Cc1ccc(S(N)=O)cc1. The Morgan fingerprint density at radius 1 is 1.38 bits per heavy atom. The van der Waals surface area contributed by atoms with E-state index < -0.39 is 11.0 Å². The van der Waals surface area contributed by atoms with Crippen LogP contribution in [0.4, 0.5) is 0 Å². The lowest BCUT2D eigenvalue weighted by Crippen LogP contribution is -2.22. The van der Waals surface area contributed by atoms with Crippen molar-refractivity contribution in [2.24, 2.45) is 5.14 Å². The average molecular weight is 242 g/mol. The number of hydrogen-bond donors (Lipinski definition) is 1. The van der Waals surface area contributed by atoms with E-state index >= 15 is 0 Å². The second-order valence-electron chi connectivity index (χ2n) is 3.67. The van der Waals surface area contributed by atoms with Crippen LogP contribution in [-0.4, -0.2) is 36.4 Å². The lowest BCUT2D eigenvalue weighted by Gasteiger charge is -2.15. The van der Waals surface area contributed by atoms with Gasteiger partial charge >= 0.3 is 0 Å². The quantitative estimate of drug-likeness (QED) is 0.800. The molecule has 0 saturated carbocycles. The van der Waals surface area contributed by atoms with Gasteiger partial charge in [-0.2, -0.15) is 0 Å². The normalized spacial score (nSPS) is 13.0. The van der Waals surface area contributed by atoms with Crippen molar-refractivity contribution in [3.8, 4) is 0 Å². The largest absolute Gasteiger partial charge is 0.383 e. The fourth-order valence-electron chi connectivity index (χ4n) is 1.37. The van der Waals surface area contributed by atoms with Crippen molar-refractivity contribution >= 4 is 11.0 Å². The molecule has 1 unspecified atom stereocenters. The molecular formula is C11H18N2O2S. The highest BCUT2D eigenvalue weighted by atomic mass is 32.2. The maximum absolute atomic E-state index is 11.0. The number of nitrogens with zero attached hydrogens (tertiary/aromatic N) is 1. The fraction of sp³-hybridized carbons (Fsp3) is 0.455. The second-order valence-corrected chi connectivity index (χ2v) is 4.74. The summed E-state index contributed by atoms with van der Waals surface area (Å²) in [5, 5.41) is 5.28. The third-order valence-electron chi connectivity index (χ3n) is 2.29. The first-order valence-corrected chi connectivity index (χ1v) is 6.27. The van der Waals surface area contributed by atoms with Crippen LogP contribution in [0.25, 0.3) is 0 Å². The van der Waals surface area contributed by atoms with E-state index in [2.05, 4.69) is 4.90 Å². The minimum absolute atomic E-state index is 0.656. The number of ether oxygens (including phenoxy) is 1. The Morgan fingerprint density at radius 2 is 2.00 bits per heavy atom. The Labute approximate surface area is 99.0 Å². The van der Waals surface area contributed by atoms with Gasteiger partial charge in [-0.15, -0.1) is 0 Å². The van der Waals surface area contributed by atoms with Gasteiger partial charge in [-0.25, -0.2) is 9.35 Å². The Bertz CT molecular complexity index is 340. The van der Waals surface area contributed by atoms with Crippen LogP contribution in [-0.2, 0) is 22.3 Å². The molecule has 0 saturated heterocycles. The highest BCUT2D eigenvalue weighted by molar-refractivity contribution is 7.82. The van der Waals surface area contributed by atoms with Gasteiger partial charge in [0, 0.05) is 20.2 Å². The van der Waals surface area contributed by atoms with Crippen LogP contribution in [0.1, 0.15) is 5.56 Å². The second kappa shape index (κ2) is 6.75. The summed E-state index contributed by atoms with van der Waals surface area (Å²) in [6.07, 6.45) is 0. The van der Waals surface area contributed by atoms with Crippen LogP contribution >= 0.6 is 0 Å². The number of nitrogens with two attached hydrogens (primary N) is 1. The lowest BCUT2D eigenvalue weighted by atomic mass is 10.2. The van der Waals surface area contributed by atoms with Crippen LogP contribution < -0.4 is 5.14 Å². The summed E-state index contributed by atoms with van der Waals surface area (Å²) in [4.78, 5) is 2.82. The topological polar surface area (TPSA) is 55.6 Å².